The number of carboxylic acids is 1. The molecule has 2 aromatic rings. The highest BCUT2D eigenvalue weighted by molar-refractivity contribution is 5.93. The fourth-order valence-electron chi connectivity index (χ4n) is 4.21. The molecule has 1 fully saturated rings. The lowest BCUT2D eigenvalue weighted by molar-refractivity contribution is -0.144. The van der Waals surface area contributed by atoms with E-state index in [4.69, 9.17) is 14.6 Å². The Kier molecular flexibility index (Phi) is 6.11. The summed E-state index contributed by atoms with van der Waals surface area (Å²) >= 11 is 0. The number of aliphatic hydroxyl groups is 1. The quantitative estimate of drug-likeness (QED) is 0.509. The number of hydrogen-bond donors (Lipinski definition) is 4. The minimum Gasteiger partial charge on any atom is -0.480 e. The molecule has 4 rings (SSSR count). The van der Waals surface area contributed by atoms with Gasteiger partial charge in [-0.2, -0.15) is 0 Å². The molecule has 1 aliphatic carbocycles. The van der Waals surface area contributed by atoms with Gasteiger partial charge in [0.2, 0.25) is 5.91 Å². The summed E-state index contributed by atoms with van der Waals surface area (Å²) in [4.78, 5) is 36.5. The van der Waals surface area contributed by atoms with Crippen LogP contribution in [0.1, 0.15) is 23.5 Å². The van der Waals surface area contributed by atoms with Crippen LogP contribution in [0.4, 0.5) is 4.79 Å². The Morgan fingerprint density at radius 3 is 2.25 bits per heavy atom. The maximum absolute atomic E-state index is 12.7. The number of hydrogen-bond acceptors (Lipinski definition) is 6. The first-order valence-electron chi connectivity index (χ1n) is 10.3. The zero-order chi connectivity index (χ0) is 22.7. The number of aliphatic hydroxyl groups excluding tert-OH is 1. The van der Waals surface area contributed by atoms with Crippen LogP contribution in [0.15, 0.2) is 48.5 Å². The molecule has 0 radical (unpaired) electrons. The van der Waals surface area contributed by atoms with E-state index < -0.39 is 36.2 Å². The van der Waals surface area contributed by atoms with Gasteiger partial charge in [-0.25, -0.2) is 9.59 Å². The lowest BCUT2D eigenvalue weighted by Gasteiger charge is -2.28. The van der Waals surface area contributed by atoms with Gasteiger partial charge in [0.25, 0.3) is 0 Å². The molecule has 2 amide bonds. The third-order valence-electron chi connectivity index (χ3n) is 5.93. The molecule has 0 aromatic heterocycles. The van der Waals surface area contributed by atoms with Crippen LogP contribution in [0.2, 0.25) is 0 Å². The highest BCUT2D eigenvalue weighted by atomic mass is 16.6. The van der Waals surface area contributed by atoms with Crippen molar-refractivity contribution in [2.24, 2.45) is 0 Å². The molecule has 2 aliphatic rings. The number of fused-ring (bicyclic) bond motifs is 3. The number of benzene rings is 2. The summed E-state index contributed by atoms with van der Waals surface area (Å²) in [6.07, 6.45) is -0.649. The number of alkyl carbamates (subject to hydrolysis) is 1. The van der Waals surface area contributed by atoms with Crippen LogP contribution < -0.4 is 10.6 Å². The molecule has 2 atom stereocenters. The lowest BCUT2D eigenvalue weighted by atomic mass is 9.97. The first-order valence-corrected chi connectivity index (χ1v) is 10.3. The first kappa shape index (κ1) is 21.8. The SMILES string of the molecule is O=C(NC1(C(=O)NC(CO)C(=O)O)CCOC1)OCC1c2ccccc2-c2ccccc21. The number of amides is 2. The van der Waals surface area contributed by atoms with Gasteiger partial charge >= 0.3 is 12.1 Å². The van der Waals surface area contributed by atoms with Crippen LogP contribution in [-0.2, 0) is 19.1 Å². The Morgan fingerprint density at radius 2 is 1.72 bits per heavy atom. The lowest BCUT2D eigenvalue weighted by Crippen LogP contribution is -2.62. The van der Waals surface area contributed by atoms with Crippen molar-refractivity contribution in [2.75, 3.05) is 26.4 Å². The number of ether oxygens (including phenoxy) is 2. The van der Waals surface area contributed by atoms with Crippen molar-refractivity contribution in [1.29, 1.82) is 0 Å². The Bertz CT molecular complexity index is 987. The second kappa shape index (κ2) is 8.97. The summed E-state index contributed by atoms with van der Waals surface area (Å²) in [5.74, 6) is -2.26. The Hall–Kier alpha value is -3.43. The van der Waals surface area contributed by atoms with Crippen molar-refractivity contribution in [2.45, 2.75) is 23.9 Å². The fraction of sp³-hybridized carbons (Fsp3) is 0.348. The average Bonchev–Trinajstić information content (AvgIpc) is 3.39. The highest BCUT2D eigenvalue weighted by Gasteiger charge is 2.45. The third-order valence-corrected chi connectivity index (χ3v) is 5.93. The molecule has 9 heteroatoms. The fourth-order valence-corrected chi connectivity index (χ4v) is 4.21. The molecule has 0 bridgehead atoms. The van der Waals surface area contributed by atoms with Crippen LogP contribution >= 0.6 is 0 Å². The summed E-state index contributed by atoms with van der Waals surface area (Å²) in [6.45, 7) is -0.607. The van der Waals surface area contributed by atoms with Gasteiger partial charge in [-0.1, -0.05) is 48.5 Å². The second-order valence-electron chi connectivity index (χ2n) is 7.88. The van der Waals surface area contributed by atoms with Gasteiger partial charge in [-0.3, -0.25) is 4.79 Å². The van der Waals surface area contributed by atoms with Crippen molar-refractivity contribution in [3.8, 4) is 11.1 Å². The van der Waals surface area contributed by atoms with E-state index in [9.17, 15) is 19.5 Å². The van der Waals surface area contributed by atoms with E-state index >= 15 is 0 Å². The smallest absolute Gasteiger partial charge is 0.408 e. The van der Waals surface area contributed by atoms with Crippen molar-refractivity contribution in [1.82, 2.24) is 10.6 Å². The van der Waals surface area contributed by atoms with Gasteiger partial charge in [0.05, 0.1) is 13.2 Å². The summed E-state index contributed by atoms with van der Waals surface area (Å²) in [5, 5.41) is 23.1. The minimum absolute atomic E-state index is 0.0762. The first-order chi connectivity index (χ1) is 15.4. The van der Waals surface area contributed by atoms with Crippen LogP contribution in [0.3, 0.4) is 0 Å². The maximum atomic E-state index is 12.7. The molecule has 168 valence electrons. The van der Waals surface area contributed by atoms with Crippen molar-refractivity contribution in [3.63, 3.8) is 0 Å². The molecular formula is C23H24N2O7. The number of carbonyl (C=O) groups excluding carboxylic acids is 2. The van der Waals surface area contributed by atoms with Gasteiger partial charge in [0.1, 0.15) is 18.2 Å². The van der Waals surface area contributed by atoms with Gasteiger partial charge in [-0.15, -0.1) is 0 Å². The van der Waals surface area contributed by atoms with Crippen molar-refractivity contribution < 1.29 is 34.1 Å². The van der Waals surface area contributed by atoms with Crippen LogP contribution in [0.5, 0.6) is 0 Å². The minimum atomic E-state index is -1.48. The molecule has 1 heterocycles. The molecule has 9 nitrogen and oxygen atoms in total. The predicted molar refractivity (Wildman–Crippen MR) is 113 cm³/mol. The van der Waals surface area contributed by atoms with Crippen molar-refractivity contribution in [3.05, 3.63) is 59.7 Å². The largest absolute Gasteiger partial charge is 0.480 e. The number of nitrogens with one attached hydrogen (secondary N) is 2. The zero-order valence-corrected chi connectivity index (χ0v) is 17.2. The molecular weight excluding hydrogens is 416 g/mol. The second-order valence-corrected chi connectivity index (χ2v) is 7.88. The number of carbonyl (C=O) groups is 3. The van der Waals surface area contributed by atoms with E-state index in [1.165, 1.54) is 0 Å². The van der Waals surface area contributed by atoms with Crippen molar-refractivity contribution >= 4 is 18.0 Å². The molecule has 4 N–H and O–H groups in total. The van der Waals surface area contributed by atoms with Gasteiger partial charge < -0.3 is 30.3 Å². The monoisotopic (exact) mass is 440 g/mol. The van der Waals surface area contributed by atoms with E-state index in [1.807, 2.05) is 48.5 Å². The van der Waals surface area contributed by atoms with E-state index in [-0.39, 0.29) is 32.2 Å². The molecule has 2 unspecified atom stereocenters. The molecule has 0 spiro atoms. The summed E-state index contributed by atoms with van der Waals surface area (Å²) in [7, 11) is 0. The van der Waals surface area contributed by atoms with Crippen LogP contribution in [-0.4, -0.2) is 66.2 Å². The predicted octanol–water partition coefficient (Wildman–Crippen LogP) is 1.25. The molecule has 32 heavy (non-hydrogen) atoms. The number of rotatable bonds is 7. The Morgan fingerprint density at radius 1 is 1.09 bits per heavy atom. The standard InChI is InChI=1S/C23H24N2O7/c26-11-19(20(27)28)24-21(29)23(9-10-31-13-23)25-22(30)32-12-18-16-7-3-1-5-14(16)15-6-2-4-8-17(15)18/h1-8,18-19,26H,9-13H2,(H,24,29)(H,25,30)(H,27,28). The van der Waals surface area contributed by atoms with E-state index in [0.29, 0.717) is 0 Å². The molecule has 1 aliphatic heterocycles. The summed E-state index contributed by atoms with van der Waals surface area (Å²) in [5.41, 5.74) is 2.85. The molecule has 2 aromatic carbocycles. The Labute approximate surface area is 184 Å². The van der Waals surface area contributed by atoms with E-state index in [2.05, 4.69) is 10.6 Å². The summed E-state index contributed by atoms with van der Waals surface area (Å²) in [6, 6.07) is 14.4. The third kappa shape index (κ3) is 4.04. The molecule has 1 saturated heterocycles. The van der Waals surface area contributed by atoms with E-state index in [1.54, 1.807) is 0 Å². The van der Waals surface area contributed by atoms with E-state index in [0.717, 1.165) is 22.3 Å². The topological polar surface area (TPSA) is 134 Å². The van der Waals surface area contributed by atoms with Gasteiger partial charge in [-0.05, 0) is 22.3 Å². The average molecular weight is 440 g/mol. The van der Waals surface area contributed by atoms with Gasteiger partial charge in [0, 0.05) is 18.9 Å². The number of carboxylic acid groups (broad SMARTS) is 1. The van der Waals surface area contributed by atoms with Crippen LogP contribution in [0, 0.1) is 0 Å². The summed E-state index contributed by atoms with van der Waals surface area (Å²) < 4.78 is 10.8. The normalized spacial score (nSPS) is 20.2. The van der Waals surface area contributed by atoms with Crippen LogP contribution in [0.25, 0.3) is 11.1 Å². The Balaban J connectivity index is 1.45. The molecule has 0 saturated carbocycles. The van der Waals surface area contributed by atoms with Gasteiger partial charge in [0.15, 0.2) is 0 Å². The highest BCUT2D eigenvalue weighted by Crippen LogP contribution is 2.44. The maximum Gasteiger partial charge on any atom is 0.408 e. The number of aliphatic carboxylic acids is 1. The zero-order valence-electron chi connectivity index (χ0n) is 17.2.